The van der Waals surface area contributed by atoms with Crippen molar-refractivity contribution in [3.05, 3.63) is 66.8 Å². The molecule has 2 aromatic rings. The number of nitriles is 1. The second kappa shape index (κ2) is 9.69. The van der Waals surface area contributed by atoms with Crippen LogP contribution in [0.4, 0.5) is 0 Å². The maximum Gasteiger partial charge on any atom is 0.271 e. The number of thioether (sulfide) groups is 1. The molecular formula is C22H18ClN3O4S2. The Morgan fingerprint density at radius 2 is 1.97 bits per heavy atom. The monoisotopic (exact) mass is 487 g/mol. The summed E-state index contributed by atoms with van der Waals surface area (Å²) in [6.07, 6.45) is 2.03. The van der Waals surface area contributed by atoms with Crippen LogP contribution in [0.3, 0.4) is 0 Å². The number of rotatable bonds is 6. The largest absolute Gasteiger partial charge is 0.494 e. The molecule has 0 saturated carbocycles. The van der Waals surface area contributed by atoms with Gasteiger partial charge in [-0.25, -0.2) is 0 Å². The summed E-state index contributed by atoms with van der Waals surface area (Å²) < 4.78 is 1.28. The summed E-state index contributed by atoms with van der Waals surface area (Å²) in [5.74, 6) is -1.14. The maximum absolute atomic E-state index is 12.7. The van der Waals surface area contributed by atoms with Crippen molar-refractivity contribution in [1.29, 1.82) is 5.26 Å². The average molecular weight is 488 g/mol. The van der Waals surface area contributed by atoms with E-state index in [4.69, 9.17) is 23.8 Å². The van der Waals surface area contributed by atoms with E-state index < -0.39 is 17.2 Å². The van der Waals surface area contributed by atoms with E-state index in [1.807, 2.05) is 0 Å². The van der Waals surface area contributed by atoms with Crippen LogP contribution in [0.1, 0.15) is 39.9 Å². The first-order valence-corrected chi connectivity index (χ1v) is 11.1. The third kappa shape index (κ3) is 4.63. The fraction of sp³-hybridized carbons (Fsp3) is 0.227. The second-order valence-corrected chi connectivity index (χ2v) is 9.20. The number of thiocarbonyl (C=S) groups is 1. The van der Waals surface area contributed by atoms with E-state index in [9.17, 15) is 24.8 Å². The topological polar surface area (TPSA) is 103 Å². The van der Waals surface area contributed by atoms with Gasteiger partial charge in [-0.3, -0.25) is 23.9 Å². The van der Waals surface area contributed by atoms with Gasteiger partial charge in [0.2, 0.25) is 5.88 Å². The molecule has 164 valence electrons. The second-order valence-electron chi connectivity index (χ2n) is 7.09. The molecule has 3 rings (SSSR count). The highest BCUT2D eigenvalue weighted by Gasteiger charge is 2.32. The van der Waals surface area contributed by atoms with Crippen molar-refractivity contribution in [2.24, 2.45) is 7.05 Å². The van der Waals surface area contributed by atoms with Crippen molar-refractivity contribution < 1.29 is 14.7 Å². The van der Waals surface area contributed by atoms with Gasteiger partial charge in [0, 0.05) is 25.0 Å². The van der Waals surface area contributed by atoms with Crippen LogP contribution in [0, 0.1) is 18.3 Å². The van der Waals surface area contributed by atoms with Crippen LogP contribution in [0.2, 0.25) is 5.02 Å². The van der Waals surface area contributed by atoms with Crippen molar-refractivity contribution in [3.63, 3.8) is 0 Å². The van der Waals surface area contributed by atoms with Gasteiger partial charge in [-0.15, -0.1) is 0 Å². The molecule has 0 aliphatic carbocycles. The lowest BCUT2D eigenvalue weighted by Crippen LogP contribution is -2.29. The number of benzene rings is 1. The molecule has 0 bridgehead atoms. The SMILES string of the molecule is Cc1c(C(=O)CCCN2C(=O)/C(=C/c3ccc(Cl)cc3)SC2=S)c(O)n(C)c(=O)c1C#N. The standard InChI is InChI=1S/C22H18ClN3O4S2/c1-12-15(11-24)19(28)25(2)21(30)18(12)16(27)4-3-9-26-20(29)17(32-22(26)31)10-13-5-7-14(23)8-6-13/h5-8,10,30H,3-4,9H2,1-2H3/b17-10-. The van der Waals surface area contributed by atoms with Gasteiger partial charge in [-0.1, -0.05) is 47.7 Å². The molecule has 1 aliphatic heterocycles. The van der Waals surface area contributed by atoms with E-state index in [2.05, 4.69) is 0 Å². The molecule has 0 radical (unpaired) electrons. The summed E-state index contributed by atoms with van der Waals surface area (Å²) in [7, 11) is 1.29. The van der Waals surface area contributed by atoms with E-state index in [1.165, 1.54) is 30.6 Å². The third-order valence-electron chi connectivity index (χ3n) is 5.03. The van der Waals surface area contributed by atoms with Crippen LogP contribution in [0.5, 0.6) is 5.88 Å². The predicted molar refractivity (Wildman–Crippen MR) is 128 cm³/mol. The van der Waals surface area contributed by atoms with Gasteiger partial charge >= 0.3 is 0 Å². The minimum absolute atomic E-state index is 0.00473. The van der Waals surface area contributed by atoms with Gasteiger partial charge in [0.15, 0.2) is 5.78 Å². The van der Waals surface area contributed by atoms with Crippen LogP contribution in [-0.4, -0.2) is 37.1 Å². The smallest absolute Gasteiger partial charge is 0.271 e. The van der Waals surface area contributed by atoms with Gasteiger partial charge in [-0.05, 0) is 42.7 Å². The number of nitrogens with zero attached hydrogens (tertiary/aromatic N) is 3. The van der Waals surface area contributed by atoms with Gasteiger partial charge in [-0.2, -0.15) is 5.26 Å². The molecule has 1 saturated heterocycles. The van der Waals surface area contributed by atoms with Crippen molar-refractivity contribution in [1.82, 2.24) is 9.47 Å². The van der Waals surface area contributed by atoms with E-state index in [0.29, 0.717) is 20.7 Å². The molecule has 2 heterocycles. The molecule has 1 amide bonds. The quantitative estimate of drug-likeness (QED) is 0.375. The summed E-state index contributed by atoms with van der Waals surface area (Å²) >= 11 is 12.4. The fourth-order valence-electron chi connectivity index (χ4n) is 3.28. The van der Waals surface area contributed by atoms with Crippen LogP contribution >= 0.6 is 35.6 Å². The zero-order valence-electron chi connectivity index (χ0n) is 17.2. The fourth-order valence-corrected chi connectivity index (χ4v) is 4.71. The normalized spacial score (nSPS) is 14.8. The number of hydrogen-bond donors (Lipinski definition) is 1. The summed E-state index contributed by atoms with van der Waals surface area (Å²) in [4.78, 5) is 39.4. The van der Waals surface area contributed by atoms with Crippen LogP contribution in [0.15, 0.2) is 34.0 Å². The number of ketones is 1. The predicted octanol–water partition coefficient (Wildman–Crippen LogP) is 3.79. The number of pyridine rings is 1. The number of carbonyl (C=O) groups is 2. The van der Waals surface area contributed by atoms with E-state index in [0.717, 1.165) is 10.1 Å². The number of Topliss-reactive ketones (excluding diaryl/α,β-unsaturated/α-hetero) is 1. The molecule has 0 atom stereocenters. The van der Waals surface area contributed by atoms with Crippen molar-refractivity contribution in [3.8, 4) is 11.9 Å². The highest BCUT2D eigenvalue weighted by molar-refractivity contribution is 8.26. The zero-order chi connectivity index (χ0) is 23.6. The Morgan fingerprint density at radius 1 is 1.31 bits per heavy atom. The van der Waals surface area contributed by atoms with E-state index in [-0.39, 0.29) is 35.6 Å². The van der Waals surface area contributed by atoms with Gasteiger partial charge in [0.25, 0.3) is 11.5 Å². The van der Waals surface area contributed by atoms with Gasteiger partial charge in [0.05, 0.1) is 10.5 Å². The number of amides is 1. The highest BCUT2D eigenvalue weighted by atomic mass is 35.5. The first kappa shape index (κ1) is 23.7. The first-order valence-electron chi connectivity index (χ1n) is 9.52. The molecule has 1 aromatic heterocycles. The van der Waals surface area contributed by atoms with Crippen molar-refractivity contribution in [2.45, 2.75) is 19.8 Å². The first-order chi connectivity index (χ1) is 15.1. The van der Waals surface area contributed by atoms with E-state index in [1.54, 1.807) is 36.4 Å². The number of carbonyl (C=O) groups excluding carboxylic acids is 2. The number of aromatic nitrogens is 1. The molecule has 1 aliphatic rings. The average Bonchev–Trinajstić information content (AvgIpc) is 3.01. The van der Waals surface area contributed by atoms with E-state index >= 15 is 0 Å². The summed E-state index contributed by atoms with van der Waals surface area (Å²) in [5, 5.41) is 20.1. The number of hydrogen-bond acceptors (Lipinski definition) is 7. The van der Waals surface area contributed by atoms with Crippen molar-refractivity contribution >= 4 is 57.7 Å². The molecule has 0 spiro atoms. The molecule has 10 heteroatoms. The molecule has 7 nitrogen and oxygen atoms in total. The lowest BCUT2D eigenvalue weighted by molar-refractivity contribution is -0.122. The van der Waals surface area contributed by atoms with Crippen molar-refractivity contribution in [2.75, 3.05) is 6.54 Å². The zero-order valence-corrected chi connectivity index (χ0v) is 19.6. The van der Waals surface area contributed by atoms with Crippen LogP contribution in [-0.2, 0) is 11.8 Å². The Hall–Kier alpha value is -2.93. The third-order valence-corrected chi connectivity index (χ3v) is 6.66. The Balaban J connectivity index is 1.70. The Bertz CT molecular complexity index is 1260. The molecular weight excluding hydrogens is 470 g/mol. The summed E-state index contributed by atoms with van der Waals surface area (Å²) in [6.45, 7) is 1.68. The minimum Gasteiger partial charge on any atom is -0.494 e. The Kier molecular flexibility index (Phi) is 7.19. The number of halogens is 1. The van der Waals surface area contributed by atoms with Crippen LogP contribution in [0.25, 0.3) is 6.08 Å². The summed E-state index contributed by atoms with van der Waals surface area (Å²) in [6, 6.07) is 8.84. The highest BCUT2D eigenvalue weighted by Crippen LogP contribution is 2.33. The van der Waals surface area contributed by atoms with Gasteiger partial charge in [0.1, 0.15) is 16.0 Å². The molecule has 1 fully saturated rings. The summed E-state index contributed by atoms with van der Waals surface area (Å²) in [5.41, 5.74) is 0.0623. The van der Waals surface area contributed by atoms with Gasteiger partial charge < -0.3 is 5.11 Å². The number of aromatic hydroxyl groups is 1. The lowest BCUT2D eigenvalue weighted by Gasteiger charge is -2.15. The molecule has 1 aromatic carbocycles. The molecule has 1 N–H and O–H groups in total. The lowest BCUT2D eigenvalue weighted by atomic mass is 9.99. The Labute approximate surface area is 198 Å². The molecule has 0 unspecified atom stereocenters. The maximum atomic E-state index is 12.7. The van der Waals surface area contributed by atoms with Crippen LogP contribution < -0.4 is 5.56 Å². The molecule has 32 heavy (non-hydrogen) atoms. The Morgan fingerprint density at radius 3 is 2.59 bits per heavy atom. The minimum atomic E-state index is -0.663.